The molecule has 0 spiro atoms. The van der Waals surface area contributed by atoms with E-state index in [2.05, 4.69) is 15.0 Å². The highest BCUT2D eigenvalue weighted by atomic mass is 32.1. The van der Waals surface area contributed by atoms with Crippen LogP contribution in [0.3, 0.4) is 0 Å². The summed E-state index contributed by atoms with van der Waals surface area (Å²) in [5.41, 5.74) is 5.65. The summed E-state index contributed by atoms with van der Waals surface area (Å²) in [4.78, 5) is 23.0. The average Bonchev–Trinajstić information content (AvgIpc) is 2.46. The molecule has 1 amide bonds. The van der Waals surface area contributed by atoms with Crippen LogP contribution in [0.1, 0.15) is 9.80 Å². The lowest BCUT2D eigenvalue weighted by atomic mass is 10.6. The van der Waals surface area contributed by atoms with Crippen LogP contribution in [0.25, 0.3) is 10.3 Å². The molecule has 60 valence electrons. The van der Waals surface area contributed by atoms with Gasteiger partial charge in [0, 0.05) is 0 Å². The van der Waals surface area contributed by atoms with Gasteiger partial charge in [-0.25, -0.2) is 15.0 Å². The maximum atomic E-state index is 10.7. The van der Waals surface area contributed by atoms with E-state index >= 15 is 0 Å². The number of carbonyl (C=O) groups excluding carboxylic acids is 1. The topological polar surface area (TPSA) is 81.8 Å². The molecule has 0 fully saturated rings. The Balaban J connectivity index is 2.70. The van der Waals surface area contributed by atoms with Gasteiger partial charge in [-0.2, -0.15) is 0 Å². The lowest BCUT2D eigenvalue weighted by molar-refractivity contribution is 0.1000. The fourth-order valence-electron chi connectivity index (χ4n) is 0.796. The summed E-state index contributed by atoms with van der Waals surface area (Å²) in [6.07, 6.45) is 2.95. The van der Waals surface area contributed by atoms with Crippen LogP contribution in [0.15, 0.2) is 12.5 Å². The first-order valence-electron chi connectivity index (χ1n) is 3.14. The third kappa shape index (κ3) is 1.02. The van der Waals surface area contributed by atoms with E-state index in [-0.39, 0.29) is 5.01 Å². The zero-order valence-electron chi connectivity index (χ0n) is 5.89. The van der Waals surface area contributed by atoms with Crippen molar-refractivity contribution in [2.75, 3.05) is 0 Å². The molecule has 0 aliphatic carbocycles. The van der Waals surface area contributed by atoms with Gasteiger partial charge in [-0.3, -0.25) is 4.79 Å². The average molecular weight is 180 g/mol. The molecule has 0 saturated carbocycles. The standard InChI is InChI=1S/C6H4N4OS/c7-4(11)6-10-3-1-8-2-9-5(3)12-6/h1-2H,(H2,7,11). The van der Waals surface area contributed by atoms with Gasteiger partial charge in [0.2, 0.25) is 0 Å². The van der Waals surface area contributed by atoms with Gasteiger partial charge in [-0.15, -0.1) is 0 Å². The lowest BCUT2D eigenvalue weighted by Crippen LogP contribution is -2.09. The third-order valence-corrected chi connectivity index (χ3v) is 2.28. The molecular weight excluding hydrogens is 176 g/mol. The quantitative estimate of drug-likeness (QED) is 0.678. The molecule has 0 aliphatic rings. The molecule has 0 aromatic carbocycles. The Morgan fingerprint density at radius 2 is 2.42 bits per heavy atom. The minimum atomic E-state index is -0.530. The van der Waals surface area contributed by atoms with E-state index in [9.17, 15) is 4.79 Å². The van der Waals surface area contributed by atoms with Gasteiger partial charge in [0.25, 0.3) is 5.91 Å². The summed E-state index contributed by atoms with van der Waals surface area (Å²) >= 11 is 1.17. The first-order chi connectivity index (χ1) is 5.77. The van der Waals surface area contributed by atoms with Gasteiger partial charge in [0.1, 0.15) is 16.7 Å². The van der Waals surface area contributed by atoms with Gasteiger partial charge in [0.05, 0.1) is 6.20 Å². The van der Waals surface area contributed by atoms with E-state index in [1.165, 1.54) is 17.7 Å². The highest BCUT2D eigenvalue weighted by Crippen LogP contribution is 2.17. The van der Waals surface area contributed by atoms with Gasteiger partial charge < -0.3 is 5.73 Å². The Hall–Kier alpha value is -1.56. The van der Waals surface area contributed by atoms with Gasteiger partial charge in [0.15, 0.2) is 5.01 Å². The predicted octanol–water partition coefficient (Wildman–Crippen LogP) is 0.185. The highest BCUT2D eigenvalue weighted by molar-refractivity contribution is 7.19. The zero-order chi connectivity index (χ0) is 8.55. The molecular formula is C6H4N4OS. The van der Waals surface area contributed by atoms with Crippen molar-refractivity contribution in [3.8, 4) is 0 Å². The fourth-order valence-corrected chi connectivity index (χ4v) is 1.53. The molecule has 0 unspecified atom stereocenters. The largest absolute Gasteiger partial charge is 0.364 e. The first kappa shape index (κ1) is 7.11. The lowest BCUT2D eigenvalue weighted by Gasteiger charge is -1.79. The molecule has 2 heterocycles. The van der Waals surface area contributed by atoms with E-state index in [1.807, 2.05) is 0 Å². The molecule has 2 rings (SSSR count). The van der Waals surface area contributed by atoms with E-state index in [1.54, 1.807) is 6.20 Å². The summed E-state index contributed by atoms with van der Waals surface area (Å²) in [5.74, 6) is -0.530. The number of carbonyl (C=O) groups is 1. The molecule has 5 nitrogen and oxygen atoms in total. The van der Waals surface area contributed by atoms with Crippen molar-refractivity contribution in [3.05, 3.63) is 17.5 Å². The first-order valence-corrected chi connectivity index (χ1v) is 3.95. The second-order valence-electron chi connectivity index (χ2n) is 2.10. The van der Waals surface area contributed by atoms with Crippen molar-refractivity contribution < 1.29 is 4.79 Å². The summed E-state index contributed by atoms with van der Waals surface area (Å²) in [7, 11) is 0. The molecule has 0 aliphatic heterocycles. The van der Waals surface area contributed by atoms with Crippen molar-refractivity contribution in [2.45, 2.75) is 0 Å². The molecule has 6 heteroatoms. The smallest absolute Gasteiger partial charge is 0.277 e. The van der Waals surface area contributed by atoms with Crippen LogP contribution in [0.4, 0.5) is 0 Å². The van der Waals surface area contributed by atoms with Crippen molar-refractivity contribution >= 4 is 27.6 Å². The summed E-state index contributed by atoms with van der Waals surface area (Å²) < 4.78 is 0. The molecule has 2 N–H and O–H groups in total. The number of primary amides is 1. The molecule has 12 heavy (non-hydrogen) atoms. The van der Waals surface area contributed by atoms with E-state index < -0.39 is 5.91 Å². The van der Waals surface area contributed by atoms with Crippen molar-refractivity contribution in [2.24, 2.45) is 5.73 Å². The normalized spacial score (nSPS) is 10.3. The summed E-state index contributed by atoms with van der Waals surface area (Å²) in [6, 6.07) is 0. The minimum absolute atomic E-state index is 0.269. The summed E-state index contributed by atoms with van der Waals surface area (Å²) in [6.45, 7) is 0. The Morgan fingerprint density at radius 1 is 1.58 bits per heavy atom. The molecule has 0 radical (unpaired) electrons. The Labute approximate surface area is 71.3 Å². The molecule has 2 aromatic heterocycles. The zero-order valence-corrected chi connectivity index (χ0v) is 6.71. The maximum Gasteiger partial charge on any atom is 0.277 e. The third-order valence-electron chi connectivity index (χ3n) is 1.28. The Morgan fingerprint density at radius 3 is 3.08 bits per heavy atom. The number of amides is 1. The fraction of sp³-hybridized carbons (Fsp3) is 0. The van der Waals surface area contributed by atoms with E-state index in [4.69, 9.17) is 5.73 Å². The molecule has 2 aromatic rings. The number of nitrogens with zero attached hydrogens (tertiary/aromatic N) is 3. The van der Waals surface area contributed by atoms with E-state index in [0.29, 0.717) is 10.3 Å². The summed E-state index contributed by atoms with van der Waals surface area (Å²) in [5, 5.41) is 0.269. The van der Waals surface area contributed by atoms with Gasteiger partial charge in [-0.1, -0.05) is 11.3 Å². The number of hydrogen-bond donors (Lipinski definition) is 1. The number of hydrogen-bond acceptors (Lipinski definition) is 5. The minimum Gasteiger partial charge on any atom is -0.364 e. The van der Waals surface area contributed by atoms with Crippen LogP contribution in [-0.4, -0.2) is 20.9 Å². The number of aromatic nitrogens is 3. The monoisotopic (exact) mass is 180 g/mol. The Bertz CT molecular complexity index is 405. The van der Waals surface area contributed by atoms with E-state index in [0.717, 1.165) is 0 Å². The SMILES string of the molecule is NC(=O)c1nc2cncnc2s1. The maximum absolute atomic E-state index is 10.7. The number of nitrogens with two attached hydrogens (primary N) is 1. The van der Waals surface area contributed by atoms with Crippen LogP contribution < -0.4 is 5.73 Å². The van der Waals surface area contributed by atoms with Gasteiger partial charge in [-0.05, 0) is 0 Å². The molecule has 0 bridgehead atoms. The highest BCUT2D eigenvalue weighted by Gasteiger charge is 2.08. The predicted molar refractivity (Wildman–Crippen MR) is 43.7 cm³/mol. The molecule has 0 atom stereocenters. The van der Waals surface area contributed by atoms with Crippen LogP contribution >= 0.6 is 11.3 Å². The van der Waals surface area contributed by atoms with Gasteiger partial charge >= 0.3 is 0 Å². The van der Waals surface area contributed by atoms with Crippen LogP contribution in [0.2, 0.25) is 0 Å². The number of thiazole rings is 1. The van der Waals surface area contributed by atoms with Crippen LogP contribution in [0, 0.1) is 0 Å². The molecule has 0 saturated heterocycles. The van der Waals surface area contributed by atoms with Crippen molar-refractivity contribution in [3.63, 3.8) is 0 Å². The number of fused-ring (bicyclic) bond motifs is 1. The van der Waals surface area contributed by atoms with Crippen LogP contribution in [0.5, 0.6) is 0 Å². The number of rotatable bonds is 1. The van der Waals surface area contributed by atoms with Crippen molar-refractivity contribution in [1.82, 2.24) is 15.0 Å². The van der Waals surface area contributed by atoms with Crippen LogP contribution in [-0.2, 0) is 0 Å². The van der Waals surface area contributed by atoms with Crippen molar-refractivity contribution in [1.29, 1.82) is 0 Å². The second kappa shape index (κ2) is 2.49. The second-order valence-corrected chi connectivity index (χ2v) is 3.07. The Kier molecular flexibility index (Phi) is 1.47.